The van der Waals surface area contributed by atoms with Gasteiger partial charge in [0.15, 0.2) is 5.65 Å². The maximum Gasteiger partial charge on any atom is 0.343 e. The summed E-state index contributed by atoms with van der Waals surface area (Å²) in [7, 11) is 0. The first-order valence-corrected chi connectivity index (χ1v) is 6.22. The third kappa shape index (κ3) is 2.01. The Hall–Kier alpha value is -2.76. The van der Waals surface area contributed by atoms with Crippen LogP contribution >= 0.6 is 0 Å². The average molecular weight is 268 g/mol. The van der Waals surface area contributed by atoms with Crippen LogP contribution in [0.5, 0.6) is 0 Å². The fraction of sp³-hybridized carbons (Fsp3) is 0.143. The topological polar surface area (TPSA) is 69.4 Å². The van der Waals surface area contributed by atoms with Gasteiger partial charge in [0, 0.05) is 12.4 Å². The quantitative estimate of drug-likeness (QED) is 0.679. The molecule has 0 atom stereocenters. The van der Waals surface area contributed by atoms with Gasteiger partial charge in [-0.3, -0.25) is 4.98 Å². The van der Waals surface area contributed by atoms with E-state index in [0.717, 1.165) is 11.4 Å². The molecule has 100 valence electrons. The lowest BCUT2D eigenvalue weighted by atomic mass is 10.2. The fourth-order valence-corrected chi connectivity index (χ4v) is 1.95. The number of hydrogen-bond donors (Lipinski definition) is 0. The normalized spacial score (nSPS) is 10.7. The summed E-state index contributed by atoms with van der Waals surface area (Å²) in [6.07, 6.45) is 4.80. The van der Waals surface area contributed by atoms with E-state index in [2.05, 4.69) is 15.1 Å². The Labute approximate surface area is 115 Å². The number of hydrogen-bond acceptors (Lipinski definition) is 5. The van der Waals surface area contributed by atoms with Crippen LogP contribution in [-0.4, -0.2) is 32.2 Å². The van der Waals surface area contributed by atoms with Gasteiger partial charge in [0.05, 0.1) is 24.2 Å². The molecule has 6 nitrogen and oxygen atoms in total. The zero-order valence-corrected chi connectivity index (χ0v) is 10.9. The van der Waals surface area contributed by atoms with Crippen molar-refractivity contribution >= 4 is 11.6 Å². The highest BCUT2D eigenvalue weighted by Crippen LogP contribution is 2.19. The highest BCUT2D eigenvalue weighted by Gasteiger charge is 2.17. The Morgan fingerprint density at radius 3 is 2.90 bits per heavy atom. The predicted octanol–water partition coefficient (Wildman–Crippen LogP) is 1.97. The molecule has 0 aliphatic heterocycles. The van der Waals surface area contributed by atoms with Gasteiger partial charge in [0.2, 0.25) is 0 Å². The van der Waals surface area contributed by atoms with Gasteiger partial charge in [-0.1, -0.05) is 6.07 Å². The first-order chi connectivity index (χ1) is 9.81. The fourth-order valence-electron chi connectivity index (χ4n) is 1.95. The van der Waals surface area contributed by atoms with Crippen molar-refractivity contribution in [2.24, 2.45) is 0 Å². The van der Waals surface area contributed by atoms with E-state index in [0.29, 0.717) is 17.8 Å². The zero-order valence-electron chi connectivity index (χ0n) is 10.9. The van der Waals surface area contributed by atoms with Gasteiger partial charge >= 0.3 is 5.97 Å². The molecule has 0 amide bonds. The van der Waals surface area contributed by atoms with Crippen molar-refractivity contribution < 1.29 is 9.53 Å². The molecular weight excluding hydrogens is 256 g/mol. The number of esters is 1. The highest BCUT2D eigenvalue weighted by atomic mass is 16.5. The van der Waals surface area contributed by atoms with Gasteiger partial charge in [0.1, 0.15) is 5.56 Å². The van der Waals surface area contributed by atoms with Gasteiger partial charge in [-0.2, -0.15) is 5.10 Å². The van der Waals surface area contributed by atoms with Crippen molar-refractivity contribution in [2.45, 2.75) is 6.92 Å². The van der Waals surface area contributed by atoms with Crippen LogP contribution in [0, 0.1) is 0 Å². The molecule has 20 heavy (non-hydrogen) atoms. The minimum Gasteiger partial charge on any atom is -0.462 e. The minimum atomic E-state index is -0.423. The molecule has 0 aliphatic carbocycles. The lowest BCUT2D eigenvalue weighted by Gasteiger charge is -2.03. The van der Waals surface area contributed by atoms with Crippen LogP contribution in [0.3, 0.4) is 0 Å². The van der Waals surface area contributed by atoms with E-state index in [1.165, 1.54) is 6.20 Å². The van der Waals surface area contributed by atoms with E-state index in [9.17, 15) is 4.79 Å². The molecule has 0 spiro atoms. The largest absolute Gasteiger partial charge is 0.462 e. The van der Waals surface area contributed by atoms with Crippen molar-refractivity contribution in [2.75, 3.05) is 6.61 Å². The van der Waals surface area contributed by atoms with E-state index in [1.807, 2.05) is 18.2 Å². The maximum atomic E-state index is 11.8. The second-order valence-corrected chi connectivity index (χ2v) is 4.06. The van der Waals surface area contributed by atoms with Crippen molar-refractivity contribution in [3.05, 3.63) is 48.4 Å². The van der Waals surface area contributed by atoms with Gasteiger partial charge < -0.3 is 4.74 Å². The summed E-state index contributed by atoms with van der Waals surface area (Å²) in [5.74, 6) is -0.423. The Balaban J connectivity index is 2.15. The summed E-state index contributed by atoms with van der Waals surface area (Å²) in [6.45, 7) is 2.08. The molecule has 3 heterocycles. The van der Waals surface area contributed by atoms with E-state index >= 15 is 0 Å². The molecule has 6 heteroatoms. The van der Waals surface area contributed by atoms with Crippen LogP contribution < -0.4 is 0 Å². The molecule has 0 saturated heterocycles. The van der Waals surface area contributed by atoms with Crippen molar-refractivity contribution in [1.82, 2.24) is 19.6 Å². The number of nitrogens with zero attached hydrogens (tertiary/aromatic N) is 4. The summed E-state index contributed by atoms with van der Waals surface area (Å²) in [5, 5.41) is 4.21. The average Bonchev–Trinajstić information content (AvgIpc) is 2.92. The Kier molecular flexibility index (Phi) is 3.12. The van der Waals surface area contributed by atoms with E-state index in [1.54, 1.807) is 29.9 Å². The first kappa shape index (κ1) is 12.3. The molecule has 3 aromatic rings. The summed E-state index contributed by atoms with van der Waals surface area (Å²) < 4.78 is 6.58. The first-order valence-electron chi connectivity index (χ1n) is 6.22. The van der Waals surface area contributed by atoms with E-state index < -0.39 is 5.97 Å². The van der Waals surface area contributed by atoms with Crippen LogP contribution in [0.25, 0.3) is 17.0 Å². The molecule has 0 aliphatic rings. The van der Waals surface area contributed by atoms with Gasteiger partial charge in [-0.05, 0) is 25.1 Å². The second-order valence-electron chi connectivity index (χ2n) is 4.06. The number of carbonyl (C=O) groups excluding carboxylic acids is 1. The SMILES string of the molecule is CCOC(=O)c1cnn2c(-c3ccccn3)ccnc12. The number of aromatic nitrogens is 4. The summed E-state index contributed by atoms with van der Waals surface area (Å²) in [4.78, 5) is 20.3. The van der Waals surface area contributed by atoms with Gasteiger partial charge in [-0.25, -0.2) is 14.3 Å². The molecule has 3 aromatic heterocycles. The van der Waals surface area contributed by atoms with Crippen LogP contribution in [-0.2, 0) is 4.74 Å². The molecule has 0 N–H and O–H groups in total. The number of fused-ring (bicyclic) bond motifs is 1. The molecule has 0 saturated carbocycles. The van der Waals surface area contributed by atoms with Crippen LogP contribution in [0.1, 0.15) is 17.3 Å². The molecule has 0 aromatic carbocycles. The van der Waals surface area contributed by atoms with E-state index in [-0.39, 0.29) is 0 Å². The smallest absolute Gasteiger partial charge is 0.343 e. The predicted molar refractivity (Wildman–Crippen MR) is 72.2 cm³/mol. The van der Waals surface area contributed by atoms with Crippen molar-refractivity contribution in [3.63, 3.8) is 0 Å². The van der Waals surface area contributed by atoms with Gasteiger partial charge in [0.25, 0.3) is 0 Å². The Morgan fingerprint density at radius 1 is 1.25 bits per heavy atom. The minimum absolute atomic E-state index is 0.316. The molecule has 0 bridgehead atoms. The molecular formula is C14H12N4O2. The standard InChI is InChI=1S/C14H12N4O2/c1-2-20-14(19)10-9-17-18-12(6-8-16-13(10)18)11-5-3-4-7-15-11/h3-9H,2H2,1H3. The van der Waals surface area contributed by atoms with Crippen LogP contribution in [0.15, 0.2) is 42.9 Å². The number of rotatable bonds is 3. The van der Waals surface area contributed by atoms with E-state index in [4.69, 9.17) is 4.74 Å². The summed E-state index contributed by atoms with van der Waals surface area (Å²) in [6, 6.07) is 7.41. The molecule has 0 fully saturated rings. The highest BCUT2D eigenvalue weighted by molar-refractivity contribution is 5.95. The Bertz CT molecular complexity index is 752. The van der Waals surface area contributed by atoms with Gasteiger partial charge in [-0.15, -0.1) is 0 Å². The molecule has 0 unspecified atom stereocenters. The molecule has 3 rings (SSSR count). The second kappa shape index (κ2) is 5.08. The Morgan fingerprint density at radius 2 is 2.15 bits per heavy atom. The third-order valence-electron chi connectivity index (χ3n) is 2.82. The number of ether oxygens (including phenoxy) is 1. The van der Waals surface area contributed by atoms with Crippen molar-refractivity contribution in [1.29, 1.82) is 0 Å². The number of carbonyl (C=O) groups is 1. The number of pyridine rings is 1. The van der Waals surface area contributed by atoms with Crippen LogP contribution in [0.4, 0.5) is 0 Å². The van der Waals surface area contributed by atoms with Crippen LogP contribution in [0.2, 0.25) is 0 Å². The summed E-state index contributed by atoms with van der Waals surface area (Å²) in [5.41, 5.74) is 2.35. The zero-order chi connectivity index (χ0) is 13.9. The molecule has 0 radical (unpaired) electrons. The monoisotopic (exact) mass is 268 g/mol. The lowest BCUT2D eigenvalue weighted by Crippen LogP contribution is -2.05. The lowest BCUT2D eigenvalue weighted by molar-refractivity contribution is 0.0528. The maximum absolute atomic E-state index is 11.8. The summed E-state index contributed by atoms with van der Waals surface area (Å²) >= 11 is 0. The van der Waals surface area contributed by atoms with Crippen molar-refractivity contribution in [3.8, 4) is 11.4 Å². The third-order valence-corrected chi connectivity index (χ3v) is 2.82.